The van der Waals surface area contributed by atoms with E-state index in [9.17, 15) is 0 Å². The first-order valence-corrected chi connectivity index (χ1v) is 6.77. The lowest BCUT2D eigenvalue weighted by atomic mass is 10.2. The van der Waals surface area contributed by atoms with Gasteiger partial charge in [-0.15, -0.1) is 0 Å². The van der Waals surface area contributed by atoms with Crippen molar-refractivity contribution in [2.45, 2.75) is 13.8 Å². The van der Waals surface area contributed by atoms with Gasteiger partial charge >= 0.3 is 0 Å². The molecule has 0 atom stereocenters. The number of nitrogens with one attached hydrogen (secondary N) is 1. The predicted molar refractivity (Wildman–Crippen MR) is 84.7 cm³/mol. The topological polar surface area (TPSA) is 65.1 Å². The summed E-state index contributed by atoms with van der Waals surface area (Å²) >= 11 is 5.10. The summed E-state index contributed by atoms with van der Waals surface area (Å²) in [7, 11) is 1.85. The number of nitrogens with zero attached hydrogens (tertiary/aromatic N) is 2. The molecule has 106 valence electrons. The van der Waals surface area contributed by atoms with E-state index in [-0.39, 0.29) is 0 Å². The maximum Gasteiger partial charge on any atom is 0.142 e. The summed E-state index contributed by atoms with van der Waals surface area (Å²) in [5.74, 6) is 1.55. The SMILES string of the molecule is CCOc1ccccc1Nc1c(C(N)=S)c(C)nn1C. The minimum Gasteiger partial charge on any atom is -0.492 e. The van der Waals surface area contributed by atoms with Crippen molar-refractivity contribution in [1.29, 1.82) is 0 Å². The molecule has 0 aliphatic heterocycles. The van der Waals surface area contributed by atoms with E-state index in [1.165, 1.54) is 0 Å². The first-order chi connectivity index (χ1) is 9.54. The summed E-state index contributed by atoms with van der Waals surface area (Å²) in [6.45, 7) is 4.44. The van der Waals surface area contributed by atoms with Gasteiger partial charge in [-0.2, -0.15) is 5.10 Å². The molecule has 1 aromatic carbocycles. The molecule has 2 rings (SSSR count). The molecule has 0 amide bonds. The third-order valence-corrected chi connectivity index (χ3v) is 3.11. The third-order valence-electron chi connectivity index (χ3n) is 2.91. The number of rotatable bonds is 5. The molecule has 20 heavy (non-hydrogen) atoms. The van der Waals surface area contributed by atoms with Crippen LogP contribution < -0.4 is 15.8 Å². The quantitative estimate of drug-likeness (QED) is 0.828. The summed E-state index contributed by atoms with van der Waals surface area (Å²) in [5, 5.41) is 7.65. The van der Waals surface area contributed by atoms with Gasteiger partial charge in [0, 0.05) is 7.05 Å². The number of hydrogen-bond acceptors (Lipinski definition) is 4. The lowest BCUT2D eigenvalue weighted by Gasteiger charge is -2.13. The van der Waals surface area contributed by atoms with Crippen molar-refractivity contribution in [2.24, 2.45) is 12.8 Å². The Hall–Kier alpha value is -2.08. The number of anilines is 2. The van der Waals surface area contributed by atoms with Crippen molar-refractivity contribution in [2.75, 3.05) is 11.9 Å². The average molecular weight is 290 g/mol. The molecule has 0 aliphatic carbocycles. The molecule has 5 nitrogen and oxygen atoms in total. The monoisotopic (exact) mass is 290 g/mol. The lowest BCUT2D eigenvalue weighted by molar-refractivity contribution is 0.342. The largest absolute Gasteiger partial charge is 0.492 e. The molecule has 0 saturated carbocycles. The fourth-order valence-electron chi connectivity index (χ4n) is 2.08. The molecule has 0 unspecified atom stereocenters. The summed E-state index contributed by atoms with van der Waals surface area (Å²) < 4.78 is 7.33. The highest BCUT2D eigenvalue weighted by atomic mass is 32.1. The van der Waals surface area contributed by atoms with Gasteiger partial charge in [-0.25, -0.2) is 0 Å². The van der Waals surface area contributed by atoms with E-state index in [4.69, 9.17) is 22.7 Å². The van der Waals surface area contributed by atoms with Gasteiger partial charge in [0.15, 0.2) is 0 Å². The Morgan fingerprint density at radius 3 is 2.80 bits per heavy atom. The van der Waals surface area contributed by atoms with Gasteiger partial charge in [0.2, 0.25) is 0 Å². The van der Waals surface area contributed by atoms with Crippen molar-refractivity contribution >= 4 is 28.7 Å². The van der Waals surface area contributed by atoms with Crippen LogP contribution in [0.5, 0.6) is 5.75 Å². The molecule has 0 radical (unpaired) electrons. The van der Waals surface area contributed by atoms with Crippen molar-refractivity contribution in [3.05, 3.63) is 35.5 Å². The van der Waals surface area contributed by atoms with Crippen molar-refractivity contribution < 1.29 is 4.74 Å². The number of hydrogen-bond donors (Lipinski definition) is 2. The zero-order valence-corrected chi connectivity index (χ0v) is 12.6. The number of aryl methyl sites for hydroxylation is 2. The molecule has 2 aromatic rings. The fraction of sp³-hybridized carbons (Fsp3) is 0.286. The highest BCUT2D eigenvalue weighted by Gasteiger charge is 2.16. The Morgan fingerprint density at radius 2 is 2.15 bits per heavy atom. The summed E-state index contributed by atoms with van der Waals surface area (Å²) in [5.41, 5.74) is 8.20. The zero-order chi connectivity index (χ0) is 14.7. The Bertz CT molecular complexity index is 636. The molecule has 0 bridgehead atoms. The maximum absolute atomic E-state index is 5.79. The van der Waals surface area contributed by atoms with Crippen LogP contribution in [-0.4, -0.2) is 21.4 Å². The summed E-state index contributed by atoms with van der Waals surface area (Å²) in [6, 6.07) is 7.72. The molecule has 0 spiro atoms. The summed E-state index contributed by atoms with van der Waals surface area (Å²) in [6.07, 6.45) is 0. The van der Waals surface area contributed by atoms with Gasteiger partial charge in [0.05, 0.1) is 23.6 Å². The Balaban J connectivity index is 2.43. The van der Waals surface area contributed by atoms with Gasteiger partial charge in [-0.1, -0.05) is 24.4 Å². The molecule has 6 heteroatoms. The molecule has 3 N–H and O–H groups in total. The second-order valence-electron chi connectivity index (χ2n) is 4.35. The Morgan fingerprint density at radius 1 is 1.45 bits per heavy atom. The second kappa shape index (κ2) is 5.92. The van der Waals surface area contributed by atoms with Crippen molar-refractivity contribution in [3.63, 3.8) is 0 Å². The third kappa shape index (κ3) is 2.75. The van der Waals surface area contributed by atoms with Crippen LogP contribution in [0.2, 0.25) is 0 Å². The van der Waals surface area contributed by atoms with E-state index < -0.39 is 0 Å². The predicted octanol–water partition coefficient (Wildman–Crippen LogP) is 2.51. The normalized spacial score (nSPS) is 10.3. The number of thiocarbonyl (C=S) groups is 1. The van der Waals surface area contributed by atoms with Gasteiger partial charge in [-0.05, 0) is 26.0 Å². The van der Waals surface area contributed by atoms with Crippen molar-refractivity contribution in [1.82, 2.24) is 9.78 Å². The molecule has 0 fully saturated rings. The second-order valence-corrected chi connectivity index (χ2v) is 4.79. The molecule has 0 aliphatic rings. The van der Waals surface area contributed by atoms with Crippen LogP contribution in [0.15, 0.2) is 24.3 Å². The van der Waals surface area contributed by atoms with Crippen LogP contribution in [0.1, 0.15) is 18.2 Å². The van der Waals surface area contributed by atoms with Gasteiger partial charge in [-0.3, -0.25) is 4.68 Å². The highest BCUT2D eigenvalue weighted by molar-refractivity contribution is 7.80. The number of nitrogens with two attached hydrogens (primary N) is 1. The highest BCUT2D eigenvalue weighted by Crippen LogP contribution is 2.29. The van der Waals surface area contributed by atoms with Gasteiger partial charge in [0.1, 0.15) is 16.6 Å². The smallest absolute Gasteiger partial charge is 0.142 e. The minimum absolute atomic E-state index is 0.326. The standard InChI is InChI=1S/C14H18N4OS/c1-4-19-11-8-6-5-7-10(11)16-14-12(13(15)20)9(2)17-18(14)3/h5-8,16H,4H2,1-3H3,(H2,15,20). The summed E-state index contributed by atoms with van der Waals surface area (Å²) in [4.78, 5) is 0.326. The van der Waals surface area contributed by atoms with Gasteiger partial charge in [0.25, 0.3) is 0 Å². The molecule has 1 heterocycles. The zero-order valence-electron chi connectivity index (χ0n) is 11.8. The number of aromatic nitrogens is 2. The molecular weight excluding hydrogens is 272 g/mol. The lowest BCUT2D eigenvalue weighted by Crippen LogP contribution is -2.13. The number of para-hydroxylation sites is 2. The first-order valence-electron chi connectivity index (χ1n) is 6.36. The van der Waals surface area contributed by atoms with Crippen molar-refractivity contribution in [3.8, 4) is 5.75 Å². The van der Waals surface area contributed by atoms with Crippen LogP contribution in [-0.2, 0) is 7.05 Å². The van der Waals surface area contributed by atoms with Gasteiger partial charge < -0.3 is 15.8 Å². The molecule has 0 saturated heterocycles. The number of benzene rings is 1. The van der Waals surface area contributed by atoms with Crippen LogP contribution in [0.4, 0.5) is 11.5 Å². The average Bonchev–Trinajstić information content (AvgIpc) is 2.67. The van der Waals surface area contributed by atoms with E-state index in [1.807, 2.05) is 45.2 Å². The fourth-order valence-corrected chi connectivity index (χ4v) is 2.32. The first kappa shape index (κ1) is 14.3. The maximum atomic E-state index is 5.79. The minimum atomic E-state index is 0.326. The Labute approximate surface area is 123 Å². The van der Waals surface area contributed by atoms with Crippen LogP contribution >= 0.6 is 12.2 Å². The van der Waals surface area contributed by atoms with E-state index in [0.29, 0.717) is 11.6 Å². The Kier molecular flexibility index (Phi) is 4.24. The molecule has 1 aromatic heterocycles. The van der Waals surface area contributed by atoms with E-state index in [2.05, 4.69) is 10.4 Å². The number of ether oxygens (including phenoxy) is 1. The molecular formula is C14H18N4OS. The van der Waals surface area contributed by atoms with Crippen LogP contribution in [0, 0.1) is 6.92 Å². The van der Waals surface area contributed by atoms with E-state index in [0.717, 1.165) is 28.5 Å². The van der Waals surface area contributed by atoms with Crippen LogP contribution in [0.3, 0.4) is 0 Å². The van der Waals surface area contributed by atoms with E-state index in [1.54, 1.807) is 4.68 Å². The van der Waals surface area contributed by atoms with Crippen LogP contribution in [0.25, 0.3) is 0 Å². The van der Waals surface area contributed by atoms with E-state index >= 15 is 0 Å².